The Morgan fingerprint density at radius 1 is 1.33 bits per heavy atom. The molecule has 1 rings (SSSR count). The van der Waals surface area contributed by atoms with Gasteiger partial charge in [-0.05, 0) is 31.1 Å². The molecule has 1 aliphatic carbocycles. The quantitative estimate of drug-likeness (QED) is 0.724. The van der Waals surface area contributed by atoms with Gasteiger partial charge in [-0.3, -0.25) is 4.79 Å². The van der Waals surface area contributed by atoms with Crippen LogP contribution in [-0.2, 0) is 4.79 Å². The molecule has 1 aliphatic rings. The van der Waals surface area contributed by atoms with Crippen LogP contribution in [0.15, 0.2) is 0 Å². The molecule has 0 aromatic rings. The van der Waals surface area contributed by atoms with Crippen molar-refractivity contribution in [3.8, 4) is 0 Å². The van der Waals surface area contributed by atoms with E-state index in [9.17, 15) is 4.79 Å². The zero-order valence-electron chi connectivity index (χ0n) is 7.79. The smallest absolute Gasteiger partial charge is 0.306 e. The first-order valence-corrected chi connectivity index (χ1v) is 4.34. The minimum Gasteiger partial charge on any atom is -0.481 e. The first-order chi connectivity index (χ1) is 5.11. The van der Waals surface area contributed by atoms with Crippen LogP contribution < -0.4 is 0 Å². The van der Waals surface area contributed by atoms with E-state index in [2.05, 4.69) is 13.8 Å². The Kier molecular flexibility index (Phi) is 5.36. The molecule has 3 unspecified atom stereocenters. The van der Waals surface area contributed by atoms with E-state index in [1.807, 2.05) is 0 Å². The van der Waals surface area contributed by atoms with Crippen LogP contribution in [0.4, 0.5) is 0 Å². The van der Waals surface area contributed by atoms with Crippen molar-refractivity contribution in [1.29, 1.82) is 0 Å². The number of carbonyl (C=O) groups is 1. The molecule has 0 aliphatic heterocycles. The van der Waals surface area contributed by atoms with Gasteiger partial charge in [-0.1, -0.05) is 13.8 Å². The third kappa shape index (κ3) is 3.03. The number of hydrogen-bond donors (Lipinski definition) is 1. The van der Waals surface area contributed by atoms with Crippen molar-refractivity contribution in [3.63, 3.8) is 0 Å². The molecule has 0 spiro atoms. The fourth-order valence-electron chi connectivity index (χ4n) is 2.03. The average Bonchev–Trinajstić information content (AvgIpc) is 1.85. The normalized spacial score (nSPS) is 35.3. The van der Waals surface area contributed by atoms with Crippen LogP contribution in [0, 0.1) is 17.8 Å². The van der Waals surface area contributed by atoms with Gasteiger partial charge in [-0.25, -0.2) is 0 Å². The Morgan fingerprint density at radius 2 is 1.92 bits per heavy atom. The first-order valence-electron chi connectivity index (χ1n) is 4.34. The van der Waals surface area contributed by atoms with Crippen molar-refractivity contribution in [2.24, 2.45) is 17.8 Å². The molecule has 0 saturated heterocycles. The molecule has 1 saturated carbocycles. The van der Waals surface area contributed by atoms with Crippen molar-refractivity contribution in [3.05, 3.63) is 0 Å². The topological polar surface area (TPSA) is 37.3 Å². The van der Waals surface area contributed by atoms with E-state index in [0.29, 0.717) is 5.92 Å². The Bertz CT molecular complexity index is 159. The molecule has 0 bridgehead atoms. The SMILES string of the molecule is CC1CCC(C(=O)O)C(C)C1.[Tl]. The summed E-state index contributed by atoms with van der Waals surface area (Å²) in [5.74, 6) is 0.410. The van der Waals surface area contributed by atoms with Gasteiger partial charge in [-0.15, -0.1) is 0 Å². The summed E-state index contributed by atoms with van der Waals surface area (Å²) in [4.78, 5) is 10.7. The van der Waals surface area contributed by atoms with E-state index in [1.54, 1.807) is 0 Å². The van der Waals surface area contributed by atoms with Crippen LogP contribution in [0.3, 0.4) is 0 Å². The third-order valence-electron chi connectivity index (χ3n) is 2.75. The van der Waals surface area contributed by atoms with Gasteiger partial charge in [0.2, 0.25) is 0 Å². The van der Waals surface area contributed by atoms with E-state index in [4.69, 9.17) is 5.11 Å². The van der Waals surface area contributed by atoms with Gasteiger partial charge in [0, 0.05) is 27.3 Å². The summed E-state index contributed by atoms with van der Waals surface area (Å²) in [5.41, 5.74) is 0. The molecule has 0 aromatic heterocycles. The Labute approximate surface area is 93.9 Å². The van der Waals surface area contributed by atoms with Crippen molar-refractivity contribution in [2.75, 3.05) is 0 Å². The predicted octanol–water partition coefficient (Wildman–Crippen LogP) is 1.76. The van der Waals surface area contributed by atoms with Crippen LogP contribution >= 0.6 is 0 Å². The minimum absolute atomic E-state index is 0. The molecule has 12 heavy (non-hydrogen) atoms. The van der Waals surface area contributed by atoms with E-state index in [-0.39, 0.29) is 33.2 Å². The van der Waals surface area contributed by atoms with Gasteiger partial charge in [0.15, 0.2) is 0 Å². The van der Waals surface area contributed by atoms with Crippen LogP contribution in [0.25, 0.3) is 0 Å². The molecule has 3 heteroatoms. The number of carboxylic acid groups (broad SMARTS) is 1. The van der Waals surface area contributed by atoms with Gasteiger partial charge in [0.25, 0.3) is 0 Å². The fraction of sp³-hybridized carbons (Fsp3) is 0.889. The Hall–Kier alpha value is 0.392. The second kappa shape index (κ2) is 5.19. The minimum atomic E-state index is -0.607. The largest absolute Gasteiger partial charge is 0.481 e. The molecule has 3 atom stereocenters. The van der Waals surface area contributed by atoms with Crippen LogP contribution in [0.5, 0.6) is 0 Å². The number of aliphatic carboxylic acids is 1. The summed E-state index contributed by atoms with van der Waals surface area (Å²) < 4.78 is 0. The van der Waals surface area contributed by atoms with E-state index in [1.165, 1.54) is 0 Å². The second-order valence-electron chi connectivity index (χ2n) is 3.84. The summed E-state index contributed by atoms with van der Waals surface area (Å²) in [5, 5.41) is 8.79. The van der Waals surface area contributed by atoms with E-state index < -0.39 is 5.97 Å². The standard InChI is InChI=1S/C9H16O2.Tl/c1-6-3-4-8(9(10)11)7(2)5-6;/h6-8H,3-5H2,1-2H3,(H,10,11);. The Morgan fingerprint density at radius 3 is 2.33 bits per heavy atom. The summed E-state index contributed by atoms with van der Waals surface area (Å²) in [6.07, 6.45) is 3.04. The van der Waals surface area contributed by atoms with Crippen LogP contribution in [0.1, 0.15) is 33.1 Å². The maximum Gasteiger partial charge on any atom is 0.306 e. The van der Waals surface area contributed by atoms with Crippen LogP contribution in [0.2, 0.25) is 0 Å². The Balaban J connectivity index is 0.00000121. The van der Waals surface area contributed by atoms with Gasteiger partial charge in [0.1, 0.15) is 0 Å². The molecule has 0 heterocycles. The van der Waals surface area contributed by atoms with Crippen LogP contribution in [-0.4, -0.2) is 38.4 Å². The summed E-state index contributed by atoms with van der Waals surface area (Å²) >= 11 is 0. The molecule has 0 amide bonds. The first kappa shape index (κ1) is 12.4. The molecular formula is C9H16O2Tl. The molecule has 1 fully saturated rings. The van der Waals surface area contributed by atoms with E-state index in [0.717, 1.165) is 25.2 Å². The molecule has 0 aromatic carbocycles. The molecular weight excluding hydrogens is 344 g/mol. The summed E-state index contributed by atoms with van der Waals surface area (Å²) in [6, 6.07) is 0. The third-order valence-corrected chi connectivity index (χ3v) is 2.75. The van der Waals surface area contributed by atoms with Gasteiger partial charge < -0.3 is 5.11 Å². The molecule has 2 nitrogen and oxygen atoms in total. The predicted molar refractivity (Wildman–Crippen MR) is 49.1 cm³/mol. The maximum atomic E-state index is 10.7. The van der Waals surface area contributed by atoms with Crippen molar-refractivity contribution in [1.82, 2.24) is 0 Å². The molecule has 67 valence electrons. The zero-order chi connectivity index (χ0) is 8.43. The second-order valence-corrected chi connectivity index (χ2v) is 3.84. The zero-order valence-corrected chi connectivity index (χ0v) is 12.3. The van der Waals surface area contributed by atoms with Gasteiger partial charge >= 0.3 is 5.97 Å². The van der Waals surface area contributed by atoms with Gasteiger partial charge in [0.05, 0.1) is 5.92 Å². The van der Waals surface area contributed by atoms with Crippen molar-refractivity contribution >= 4 is 33.3 Å². The van der Waals surface area contributed by atoms with E-state index >= 15 is 0 Å². The molecule has 1 radical (unpaired) electrons. The molecule has 1 N–H and O–H groups in total. The monoisotopic (exact) mass is 361 g/mol. The van der Waals surface area contributed by atoms with Crippen molar-refractivity contribution in [2.45, 2.75) is 33.1 Å². The number of rotatable bonds is 1. The average molecular weight is 361 g/mol. The number of carboxylic acids is 1. The summed E-state index contributed by atoms with van der Waals surface area (Å²) in [6.45, 7) is 4.25. The van der Waals surface area contributed by atoms with Crippen molar-refractivity contribution < 1.29 is 9.90 Å². The van der Waals surface area contributed by atoms with Gasteiger partial charge in [-0.2, -0.15) is 0 Å². The maximum absolute atomic E-state index is 10.7. The fourth-order valence-corrected chi connectivity index (χ4v) is 2.03. The summed E-state index contributed by atoms with van der Waals surface area (Å²) in [7, 11) is 0. The number of hydrogen-bond acceptors (Lipinski definition) is 1.